The van der Waals surface area contributed by atoms with Crippen molar-refractivity contribution in [3.05, 3.63) is 33.8 Å². The summed E-state index contributed by atoms with van der Waals surface area (Å²) in [6.07, 6.45) is -4.45. The molecule has 0 aliphatic rings. The van der Waals surface area contributed by atoms with Crippen LogP contribution in [0.15, 0.2) is 22.7 Å². The zero-order chi connectivity index (χ0) is 11.6. The SMILES string of the molecule is N[C@@H](CF)c1cc(Br)cc(C(F)(F)F)c1. The van der Waals surface area contributed by atoms with Crippen LogP contribution in [0.25, 0.3) is 0 Å². The van der Waals surface area contributed by atoms with Crippen LogP contribution in [-0.2, 0) is 6.18 Å². The molecule has 1 aromatic carbocycles. The number of nitrogens with two attached hydrogens (primary N) is 1. The average Bonchev–Trinajstić information content (AvgIpc) is 2.14. The van der Waals surface area contributed by atoms with Crippen LogP contribution in [-0.4, -0.2) is 6.67 Å². The van der Waals surface area contributed by atoms with Crippen LogP contribution in [0.4, 0.5) is 17.6 Å². The second kappa shape index (κ2) is 4.49. The molecule has 0 amide bonds. The molecule has 1 rings (SSSR count). The summed E-state index contributed by atoms with van der Waals surface area (Å²) in [5, 5.41) is 0. The third-order valence-corrected chi connectivity index (χ3v) is 2.30. The van der Waals surface area contributed by atoms with Crippen LogP contribution in [0.5, 0.6) is 0 Å². The predicted molar refractivity (Wildman–Crippen MR) is 52.0 cm³/mol. The molecule has 84 valence electrons. The van der Waals surface area contributed by atoms with Crippen molar-refractivity contribution in [1.82, 2.24) is 0 Å². The maximum Gasteiger partial charge on any atom is 0.416 e. The molecule has 15 heavy (non-hydrogen) atoms. The van der Waals surface area contributed by atoms with E-state index in [4.69, 9.17) is 5.73 Å². The molecule has 0 aliphatic heterocycles. The van der Waals surface area contributed by atoms with Gasteiger partial charge in [0.05, 0.1) is 11.6 Å². The minimum absolute atomic E-state index is 0.124. The Labute approximate surface area is 92.4 Å². The fraction of sp³-hybridized carbons (Fsp3) is 0.333. The van der Waals surface area contributed by atoms with Gasteiger partial charge in [-0.3, -0.25) is 0 Å². The molecule has 0 bridgehead atoms. The number of rotatable bonds is 2. The molecular formula is C9H8BrF4N. The maximum atomic E-state index is 12.4. The molecule has 0 radical (unpaired) electrons. The molecule has 6 heteroatoms. The van der Waals surface area contributed by atoms with E-state index in [9.17, 15) is 17.6 Å². The molecule has 0 unspecified atom stereocenters. The van der Waals surface area contributed by atoms with E-state index in [-0.39, 0.29) is 10.0 Å². The first-order chi connectivity index (χ1) is 6.84. The summed E-state index contributed by atoms with van der Waals surface area (Å²) in [6.45, 7) is -0.895. The molecule has 2 N–H and O–H groups in total. The second-order valence-corrected chi connectivity index (χ2v) is 3.95. The summed E-state index contributed by atoms with van der Waals surface area (Å²) in [4.78, 5) is 0. The number of hydrogen-bond acceptors (Lipinski definition) is 1. The van der Waals surface area contributed by atoms with E-state index in [0.29, 0.717) is 0 Å². The predicted octanol–water partition coefficient (Wildman–Crippen LogP) is 3.44. The Kier molecular flexibility index (Phi) is 3.72. The topological polar surface area (TPSA) is 26.0 Å². The zero-order valence-electron chi connectivity index (χ0n) is 7.48. The average molecular weight is 286 g/mol. The van der Waals surface area contributed by atoms with Crippen molar-refractivity contribution in [2.24, 2.45) is 5.73 Å². The zero-order valence-corrected chi connectivity index (χ0v) is 9.07. The maximum absolute atomic E-state index is 12.4. The van der Waals surface area contributed by atoms with Crippen molar-refractivity contribution in [2.45, 2.75) is 12.2 Å². The summed E-state index contributed by atoms with van der Waals surface area (Å²) in [5.74, 6) is 0. The van der Waals surface area contributed by atoms with E-state index >= 15 is 0 Å². The van der Waals surface area contributed by atoms with E-state index in [1.807, 2.05) is 0 Å². The number of benzene rings is 1. The molecular weight excluding hydrogens is 278 g/mol. The van der Waals surface area contributed by atoms with Gasteiger partial charge in [0.25, 0.3) is 0 Å². The van der Waals surface area contributed by atoms with Crippen molar-refractivity contribution < 1.29 is 17.6 Å². The van der Waals surface area contributed by atoms with Gasteiger partial charge in [-0.1, -0.05) is 15.9 Å². The van der Waals surface area contributed by atoms with E-state index in [1.54, 1.807) is 0 Å². The lowest BCUT2D eigenvalue weighted by molar-refractivity contribution is -0.137. The third-order valence-electron chi connectivity index (χ3n) is 1.84. The first-order valence-electron chi connectivity index (χ1n) is 4.04. The van der Waals surface area contributed by atoms with Gasteiger partial charge in [0.1, 0.15) is 6.67 Å². The molecule has 1 atom stereocenters. The fourth-order valence-corrected chi connectivity index (χ4v) is 1.59. The minimum atomic E-state index is -4.45. The highest BCUT2D eigenvalue weighted by Gasteiger charge is 2.31. The number of halogens is 5. The van der Waals surface area contributed by atoms with E-state index in [1.165, 1.54) is 6.07 Å². The van der Waals surface area contributed by atoms with Crippen molar-refractivity contribution in [3.63, 3.8) is 0 Å². The van der Waals surface area contributed by atoms with Gasteiger partial charge in [0.15, 0.2) is 0 Å². The molecule has 0 saturated heterocycles. The fourth-order valence-electron chi connectivity index (χ4n) is 1.08. The highest BCUT2D eigenvalue weighted by Crippen LogP contribution is 2.33. The Bertz CT molecular complexity index is 350. The second-order valence-electron chi connectivity index (χ2n) is 3.03. The van der Waals surface area contributed by atoms with E-state index in [2.05, 4.69) is 15.9 Å². The first kappa shape index (κ1) is 12.4. The lowest BCUT2D eigenvalue weighted by atomic mass is 10.1. The van der Waals surface area contributed by atoms with Crippen LogP contribution in [0.1, 0.15) is 17.2 Å². The molecule has 0 fully saturated rings. The molecule has 0 heterocycles. The highest BCUT2D eigenvalue weighted by molar-refractivity contribution is 9.10. The monoisotopic (exact) mass is 285 g/mol. The van der Waals surface area contributed by atoms with Crippen LogP contribution in [0, 0.1) is 0 Å². The standard InChI is InChI=1S/C9H8BrF4N/c10-7-2-5(8(15)4-11)1-6(3-7)9(12,13)14/h1-3,8H,4,15H2/t8-/m0/s1. The Balaban J connectivity index is 3.17. The number of hydrogen-bond donors (Lipinski definition) is 1. The first-order valence-corrected chi connectivity index (χ1v) is 4.83. The summed E-state index contributed by atoms with van der Waals surface area (Å²) in [5.41, 5.74) is 4.60. The van der Waals surface area contributed by atoms with Crippen LogP contribution >= 0.6 is 15.9 Å². The summed E-state index contributed by atoms with van der Waals surface area (Å²) >= 11 is 2.92. The van der Waals surface area contributed by atoms with Crippen molar-refractivity contribution in [2.75, 3.05) is 6.67 Å². The normalized spacial score (nSPS) is 14.0. The highest BCUT2D eigenvalue weighted by atomic mass is 79.9. The summed E-state index contributed by atoms with van der Waals surface area (Å²) in [6, 6.07) is 2.13. The van der Waals surface area contributed by atoms with Crippen LogP contribution in [0.3, 0.4) is 0 Å². The molecule has 0 aromatic heterocycles. The Morgan fingerprint density at radius 2 is 1.87 bits per heavy atom. The van der Waals surface area contributed by atoms with Gasteiger partial charge in [-0.05, 0) is 23.8 Å². The molecule has 0 saturated carbocycles. The van der Waals surface area contributed by atoms with Crippen molar-refractivity contribution in [3.8, 4) is 0 Å². The Morgan fingerprint density at radius 3 is 2.33 bits per heavy atom. The molecule has 0 aliphatic carbocycles. The minimum Gasteiger partial charge on any atom is -0.322 e. The Morgan fingerprint density at radius 1 is 1.27 bits per heavy atom. The largest absolute Gasteiger partial charge is 0.416 e. The van der Waals surface area contributed by atoms with Crippen LogP contribution in [0.2, 0.25) is 0 Å². The van der Waals surface area contributed by atoms with Crippen molar-refractivity contribution >= 4 is 15.9 Å². The molecule has 1 aromatic rings. The van der Waals surface area contributed by atoms with Gasteiger partial charge < -0.3 is 5.73 Å². The quantitative estimate of drug-likeness (QED) is 0.828. The van der Waals surface area contributed by atoms with E-state index in [0.717, 1.165) is 12.1 Å². The smallest absolute Gasteiger partial charge is 0.322 e. The van der Waals surface area contributed by atoms with Gasteiger partial charge in [0, 0.05) is 4.47 Å². The van der Waals surface area contributed by atoms with Gasteiger partial charge in [-0.2, -0.15) is 13.2 Å². The van der Waals surface area contributed by atoms with Gasteiger partial charge in [-0.25, -0.2) is 4.39 Å². The van der Waals surface area contributed by atoms with Crippen molar-refractivity contribution in [1.29, 1.82) is 0 Å². The molecule has 0 spiro atoms. The van der Waals surface area contributed by atoms with Gasteiger partial charge >= 0.3 is 6.18 Å². The van der Waals surface area contributed by atoms with Gasteiger partial charge in [0.2, 0.25) is 0 Å². The Hall–Kier alpha value is -0.620. The molecule has 1 nitrogen and oxygen atoms in total. The lowest BCUT2D eigenvalue weighted by Crippen LogP contribution is -2.14. The number of alkyl halides is 4. The lowest BCUT2D eigenvalue weighted by Gasteiger charge is -2.12. The van der Waals surface area contributed by atoms with E-state index < -0.39 is 24.5 Å². The summed E-state index contributed by atoms with van der Waals surface area (Å²) < 4.78 is 49.5. The van der Waals surface area contributed by atoms with Gasteiger partial charge in [-0.15, -0.1) is 0 Å². The third kappa shape index (κ3) is 3.17. The van der Waals surface area contributed by atoms with Crippen LogP contribution < -0.4 is 5.73 Å². The summed E-state index contributed by atoms with van der Waals surface area (Å²) in [7, 11) is 0.